The smallest absolute Gasteiger partial charge is 0.264 e. The molecule has 1 aliphatic carbocycles. The number of hydrogen-bond acceptors (Lipinski definition) is 5. The van der Waals surface area contributed by atoms with Gasteiger partial charge in [0.1, 0.15) is 0 Å². The molecule has 0 saturated heterocycles. The van der Waals surface area contributed by atoms with E-state index in [1.165, 1.54) is 21.8 Å². The molecule has 6 nitrogen and oxygen atoms in total. The van der Waals surface area contributed by atoms with Gasteiger partial charge in [-0.3, -0.25) is 9.59 Å². The zero-order valence-electron chi connectivity index (χ0n) is 18.1. The summed E-state index contributed by atoms with van der Waals surface area (Å²) in [4.78, 5) is 28.8. The highest BCUT2D eigenvalue weighted by Crippen LogP contribution is 2.33. The normalized spacial score (nSPS) is 15.3. The fourth-order valence-corrected chi connectivity index (χ4v) is 4.82. The molecule has 1 aliphatic rings. The van der Waals surface area contributed by atoms with E-state index in [9.17, 15) is 9.59 Å². The van der Waals surface area contributed by atoms with Crippen molar-refractivity contribution in [2.45, 2.75) is 40.0 Å². The lowest BCUT2D eigenvalue weighted by Crippen LogP contribution is -2.34. The van der Waals surface area contributed by atoms with Crippen LogP contribution in [0, 0.1) is 5.92 Å². The number of amides is 2. The van der Waals surface area contributed by atoms with Crippen molar-refractivity contribution in [1.29, 1.82) is 0 Å². The zero-order valence-corrected chi connectivity index (χ0v) is 18.9. The monoisotopic (exact) mass is 430 g/mol. The van der Waals surface area contributed by atoms with Gasteiger partial charge in [0.15, 0.2) is 11.5 Å². The number of anilines is 1. The first-order chi connectivity index (χ1) is 14.4. The number of ether oxygens (including phenoxy) is 2. The van der Waals surface area contributed by atoms with E-state index in [2.05, 4.69) is 12.2 Å². The van der Waals surface area contributed by atoms with Crippen LogP contribution in [0.4, 0.5) is 5.69 Å². The quantitative estimate of drug-likeness (QED) is 0.675. The predicted molar refractivity (Wildman–Crippen MR) is 120 cm³/mol. The van der Waals surface area contributed by atoms with Gasteiger partial charge in [-0.05, 0) is 62.8 Å². The van der Waals surface area contributed by atoms with E-state index in [-0.39, 0.29) is 18.4 Å². The molecule has 1 aromatic carbocycles. The molecule has 2 amide bonds. The lowest BCUT2D eigenvalue weighted by molar-refractivity contribution is -0.116. The third-order valence-electron chi connectivity index (χ3n) is 5.09. The van der Waals surface area contributed by atoms with E-state index in [4.69, 9.17) is 9.47 Å². The topological polar surface area (TPSA) is 67.9 Å². The Morgan fingerprint density at radius 3 is 2.63 bits per heavy atom. The van der Waals surface area contributed by atoms with E-state index in [0.29, 0.717) is 41.2 Å². The number of aryl methyl sites for hydroxylation is 1. The van der Waals surface area contributed by atoms with Crippen LogP contribution < -0.4 is 14.8 Å². The number of nitrogens with one attached hydrogen (secondary N) is 1. The molecule has 0 spiro atoms. The minimum absolute atomic E-state index is 0.0189. The predicted octanol–water partition coefficient (Wildman–Crippen LogP) is 4.38. The Morgan fingerprint density at radius 2 is 1.90 bits per heavy atom. The molecule has 1 N–H and O–H groups in total. The Hall–Kier alpha value is -2.54. The fourth-order valence-electron chi connectivity index (χ4n) is 3.62. The van der Waals surface area contributed by atoms with Crippen LogP contribution in [0.1, 0.15) is 47.3 Å². The van der Waals surface area contributed by atoms with Crippen LogP contribution in [0.5, 0.6) is 11.5 Å². The molecule has 0 unspecified atom stereocenters. The molecule has 30 heavy (non-hydrogen) atoms. The van der Waals surface area contributed by atoms with Gasteiger partial charge in [-0.2, -0.15) is 0 Å². The third-order valence-corrected chi connectivity index (χ3v) is 6.32. The molecule has 1 atom stereocenters. The molecular formula is C23H30N2O4S. The SMILES string of the molecule is CCOc1ccc(NC(=O)CN(C)C(=O)c2cc3c(s2)CC[C@H](C)C3)cc1OCC. The average Bonchev–Trinajstić information content (AvgIpc) is 3.12. The average molecular weight is 431 g/mol. The summed E-state index contributed by atoms with van der Waals surface area (Å²) in [7, 11) is 1.66. The third kappa shape index (κ3) is 5.33. The van der Waals surface area contributed by atoms with Crippen LogP contribution >= 0.6 is 11.3 Å². The largest absolute Gasteiger partial charge is 0.490 e. The maximum absolute atomic E-state index is 12.8. The van der Waals surface area contributed by atoms with Gasteiger partial charge in [-0.25, -0.2) is 0 Å². The summed E-state index contributed by atoms with van der Waals surface area (Å²) < 4.78 is 11.1. The number of fused-ring (bicyclic) bond motifs is 1. The Morgan fingerprint density at radius 1 is 1.17 bits per heavy atom. The van der Waals surface area contributed by atoms with Crippen LogP contribution in [0.25, 0.3) is 0 Å². The standard InChI is InChI=1S/C23H30N2O4S/c1-5-28-18-9-8-17(13-19(18)29-6-2)24-22(26)14-25(4)23(27)21-12-16-11-15(3)7-10-20(16)30-21/h8-9,12-13,15H,5-7,10-11,14H2,1-4H3,(H,24,26)/t15-/m0/s1. The molecule has 0 bridgehead atoms. The highest BCUT2D eigenvalue weighted by Gasteiger charge is 2.23. The summed E-state index contributed by atoms with van der Waals surface area (Å²) in [6.07, 6.45) is 3.24. The highest BCUT2D eigenvalue weighted by atomic mass is 32.1. The van der Waals surface area contributed by atoms with E-state index in [1.54, 1.807) is 36.6 Å². The Labute approximate surface area is 182 Å². The van der Waals surface area contributed by atoms with Gasteiger partial charge in [0.25, 0.3) is 5.91 Å². The zero-order chi connectivity index (χ0) is 21.7. The molecule has 1 aromatic heterocycles. The second kappa shape index (κ2) is 9.98. The molecule has 7 heteroatoms. The van der Waals surface area contributed by atoms with Gasteiger partial charge in [0.05, 0.1) is 24.6 Å². The number of thiophene rings is 1. The van der Waals surface area contributed by atoms with Gasteiger partial charge < -0.3 is 19.7 Å². The molecule has 3 rings (SSSR count). The van der Waals surface area contributed by atoms with Crippen LogP contribution in [-0.2, 0) is 17.6 Å². The van der Waals surface area contributed by atoms with Crippen LogP contribution in [0.15, 0.2) is 24.3 Å². The Bertz CT molecular complexity index is 909. The first-order valence-electron chi connectivity index (χ1n) is 10.5. The molecule has 2 aromatic rings. The molecule has 1 heterocycles. The van der Waals surface area contributed by atoms with E-state index in [1.807, 2.05) is 19.9 Å². The second-order valence-corrected chi connectivity index (χ2v) is 8.78. The molecular weight excluding hydrogens is 400 g/mol. The summed E-state index contributed by atoms with van der Waals surface area (Å²) in [5, 5.41) is 2.84. The molecule has 0 saturated carbocycles. The minimum Gasteiger partial charge on any atom is -0.490 e. The number of rotatable bonds is 8. The first-order valence-corrected chi connectivity index (χ1v) is 11.3. The number of benzene rings is 1. The lowest BCUT2D eigenvalue weighted by atomic mass is 9.90. The van der Waals surface area contributed by atoms with E-state index < -0.39 is 0 Å². The van der Waals surface area contributed by atoms with Crippen molar-refractivity contribution < 1.29 is 19.1 Å². The second-order valence-electron chi connectivity index (χ2n) is 7.64. The van der Waals surface area contributed by atoms with Crippen molar-refractivity contribution in [3.8, 4) is 11.5 Å². The summed E-state index contributed by atoms with van der Waals surface area (Å²) in [6, 6.07) is 7.29. The van der Waals surface area contributed by atoms with Crippen molar-refractivity contribution >= 4 is 28.8 Å². The van der Waals surface area contributed by atoms with Crippen molar-refractivity contribution in [2.24, 2.45) is 5.92 Å². The van der Waals surface area contributed by atoms with Gasteiger partial charge >= 0.3 is 0 Å². The Balaban J connectivity index is 1.61. The highest BCUT2D eigenvalue weighted by molar-refractivity contribution is 7.14. The number of nitrogens with zero attached hydrogens (tertiary/aromatic N) is 1. The number of likely N-dealkylation sites (N-methyl/N-ethyl adjacent to an activating group) is 1. The van der Waals surface area contributed by atoms with Crippen molar-refractivity contribution in [2.75, 3.05) is 32.1 Å². The van der Waals surface area contributed by atoms with Crippen LogP contribution in [0.2, 0.25) is 0 Å². The summed E-state index contributed by atoms with van der Waals surface area (Å²) in [5.74, 6) is 1.51. The summed E-state index contributed by atoms with van der Waals surface area (Å²) in [5.41, 5.74) is 1.89. The van der Waals surface area contributed by atoms with Crippen LogP contribution in [-0.4, -0.2) is 43.5 Å². The minimum atomic E-state index is -0.257. The molecule has 0 aliphatic heterocycles. The van der Waals surface area contributed by atoms with Gasteiger partial charge in [-0.15, -0.1) is 11.3 Å². The lowest BCUT2D eigenvalue weighted by Gasteiger charge is -2.17. The molecule has 162 valence electrons. The summed E-state index contributed by atoms with van der Waals surface area (Å²) >= 11 is 1.57. The fraction of sp³-hybridized carbons (Fsp3) is 0.478. The Kier molecular flexibility index (Phi) is 7.37. The number of carbonyl (C=O) groups excluding carboxylic acids is 2. The maximum atomic E-state index is 12.8. The van der Waals surface area contributed by atoms with Gasteiger partial charge in [0, 0.05) is 23.7 Å². The first kappa shape index (κ1) is 22.2. The number of hydrogen-bond donors (Lipinski definition) is 1. The van der Waals surface area contributed by atoms with E-state index >= 15 is 0 Å². The van der Waals surface area contributed by atoms with E-state index in [0.717, 1.165) is 12.8 Å². The molecule has 0 radical (unpaired) electrons. The van der Waals surface area contributed by atoms with Crippen molar-refractivity contribution in [1.82, 2.24) is 4.90 Å². The van der Waals surface area contributed by atoms with Crippen molar-refractivity contribution in [3.63, 3.8) is 0 Å². The van der Waals surface area contributed by atoms with Crippen LogP contribution in [0.3, 0.4) is 0 Å². The van der Waals surface area contributed by atoms with Gasteiger partial charge in [0.2, 0.25) is 5.91 Å². The maximum Gasteiger partial charge on any atom is 0.264 e. The molecule has 0 fully saturated rings. The van der Waals surface area contributed by atoms with Gasteiger partial charge in [-0.1, -0.05) is 6.92 Å². The van der Waals surface area contributed by atoms with Crippen molar-refractivity contribution in [3.05, 3.63) is 39.6 Å². The number of carbonyl (C=O) groups is 2. The summed E-state index contributed by atoms with van der Waals surface area (Å²) in [6.45, 7) is 7.06.